The number of anilines is 2. The first-order valence-electron chi connectivity index (χ1n) is 9.46. The number of fused-ring (bicyclic) bond motifs is 5. The number of carbonyl (C=O) groups is 2. The van der Waals surface area contributed by atoms with Crippen LogP contribution in [0.3, 0.4) is 0 Å². The average molecular weight is 392 g/mol. The number of amides is 2. The molecule has 0 aromatic heterocycles. The normalized spacial score (nSPS) is 31.8. The van der Waals surface area contributed by atoms with E-state index in [1.54, 1.807) is 0 Å². The molecule has 2 saturated heterocycles. The lowest BCUT2D eigenvalue weighted by atomic mass is 9.85. The smallest absolute Gasteiger partial charge is 0.378 e. The van der Waals surface area contributed by atoms with Crippen LogP contribution < -0.4 is 9.80 Å². The number of morpholine rings is 1. The summed E-state index contributed by atoms with van der Waals surface area (Å²) < 4.78 is 45.4. The predicted molar refractivity (Wildman–Crippen MR) is 94.7 cm³/mol. The van der Waals surface area contributed by atoms with Crippen molar-refractivity contribution in [2.75, 3.05) is 36.1 Å². The third-order valence-corrected chi connectivity index (χ3v) is 6.37. The second-order valence-corrected chi connectivity index (χ2v) is 7.81. The van der Waals surface area contributed by atoms with Crippen molar-refractivity contribution in [3.05, 3.63) is 35.9 Å². The molecule has 4 aliphatic rings. The van der Waals surface area contributed by atoms with Crippen LogP contribution in [0.1, 0.15) is 12.0 Å². The summed E-state index contributed by atoms with van der Waals surface area (Å²) in [5.74, 6) is -1.63. The molecule has 3 fully saturated rings. The molecule has 0 N–H and O–H groups in total. The molecule has 1 aromatic rings. The molecule has 8 heteroatoms. The van der Waals surface area contributed by atoms with Gasteiger partial charge in [-0.15, -0.1) is 0 Å². The van der Waals surface area contributed by atoms with E-state index in [0.29, 0.717) is 32.0 Å². The molecule has 28 heavy (non-hydrogen) atoms. The summed E-state index contributed by atoms with van der Waals surface area (Å²) >= 11 is 0. The van der Waals surface area contributed by atoms with Gasteiger partial charge in [-0.1, -0.05) is 12.2 Å². The molecule has 4 atom stereocenters. The highest BCUT2D eigenvalue weighted by atomic mass is 19.4. The highest BCUT2D eigenvalue weighted by Crippen LogP contribution is 2.54. The first-order valence-corrected chi connectivity index (χ1v) is 9.46. The van der Waals surface area contributed by atoms with Crippen LogP contribution in [0.25, 0.3) is 0 Å². The van der Waals surface area contributed by atoms with Gasteiger partial charge in [0.25, 0.3) is 0 Å². The van der Waals surface area contributed by atoms with E-state index < -0.39 is 23.6 Å². The fourth-order valence-electron chi connectivity index (χ4n) is 5.09. The Kier molecular flexibility index (Phi) is 3.84. The number of imide groups is 1. The highest BCUT2D eigenvalue weighted by Gasteiger charge is 2.60. The molecular weight excluding hydrogens is 373 g/mol. The molecule has 1 saturated carbocycles. The van der Waals surface area contributed by atoms with Gasteiger partial charge >= 0.3 is 6.18 Å². The Morgan fingerprint density at radius 2 is 1.54 bits per heavy atom. The zero-order valence-electron chi connectivity index (χ0n) is 15.0. The van der Waals surface area contributed by atoms with Crippen LogP contribution >= 0.6 is 0 Å². The van der Waals surface area contributed by atoms with E-state index >= 15 is 0 Å². The molecule has 148 valence electrons. The Morgan fingerprint density at radius 1 is 0.929 bits per heavy atom. The summed E-state index contributed by atoms with van der Waals surface area (Å²) in [6.07, 6.45) is 0.158. The number of ether oxygens (including phenoxy) is 1. The minimum absolute atomic E-state index is 0.00841. The fraction of sp³-hybridized carbons (Fsp3) is 0.500. The van der Waals surface area contributed by atoms with Crippen LogP contribution in [-0.2, 0) is 20.5 Å². The number of carbonyl (C=O) groups excluding carboxylic acids is 2. The molecule has 2 aliphatic heterocycles. The Labute approximate surface area is 159 Å². The Bertz CT molecular complexity index is 846. The van der Waals surface area contributed by atoms with Gasteiger partial charge in [-0.05, 0) is 36.5 Å². The van der Waals surface area contributed by atoms with Crippen LogP contribution in [0.4, 0.5) is 24.5 Å². The van der Waals surface area contributed by atoms with Crippen LogP contribution in [0.15, 0.2) is 30.4 Å². The maximum Gasteiger partial charge on any atom is 0.416 e. The van der Waals surface area contributed by atoms with Crippen molar-refractivity contribution >= 4 is 23.2 Å². The van der Waals surface area contributed by atoms with E-state index in [2.05, 4.69) is 0 Å². The van der Waals surface area contributed by atoms with Gasteiger partial charge in [-0.25, -0.2) is 4.90 Å². The first-order chi connectivity index (χ1) is 13.4. The summed E-state index contributed by atoms with van der Waals surface area (Å²) in [5.41, 5.74) is -0.350. The molecular formula is C20H19F3N2O3. The number of alkyl halides is 3. The van der Waals surface area contributed by atoms with Crippen LogP contribution in [0, 0.1) is 23.7 Å². The zero-order chi connectivity index (χ0) is 19.6. The van der Waals surface area contributed by atoms with Gasteiger partial charge in [0, 0.05) is 13.1 Å². The molecule has 1 aromatic carbocycles. The van der Waals surface area contributed by atoms with Crippen LogP contribution in [-0.4, -0.2) is 38.1 Å². The van der Waals surface area contributed by atoms with E-state index in [4.69, 9.17) is 4.74 Å². The van der Waals surface area contributed by atoms with Gasteiger partial charge in [-0.2, -0.15) is 13.2 Å². The largest absolute Gasteiger partial charge is 0.416 e. The maximum atomic E-state index is 13.4. The van der Waals surface area contributed by atoms with Gasteiger partial charge in [0.1, 0.15) is 0 Å². The number of hydrogen-bond donors (Lipinski definition) is 0. The number of hydrogen-bond acceptors (Lipinski definition) is 4. The Balaban J connectivity index is 1.59. The van der Waals surface area contributed by atoms with E-state index in [1.807, 2.05) is 17.1 Å². The second-order valence-electron chi connectivity index (χ2n) is 7.81. The third-order valence-electron chi connectivity index (χ3n) is 6.37. The molecule has 2 heterocycles. The molecule has 5 rings (SSSR count). The van der Waals surface area contributed by atoms with Gasteiger partial charge in [0.05, 0.1) is 42.0 Å². The highest BCUT2D eigenvalue weighted by molar-refractivity contribution is 6.24. The van der Waals surface area contributed by atoms with Gasteiger partial charge < -0.3 is 9.64 Å². The molecule has 2 aliphatic carbocycles. The minimum atomic E-state index is -4.55. The standard InChI is InChI=1S/C20H19F3N2O3/c21-20(22,23)13-3-4-14(24-5-7-28-8-6-24)15(10-13)25-18(26)16-11-1-2-12(9-11)17(16)19(25)27/h1-4,10-12,16-17H,5-9H2/t11-,12+,16-,17+. The zero-order valence-corrected chi connectivity index (χ0v) is 15.0. The quantitative estimate of drug-likeness (QED) is 0.574. The SMILES string of the molecule is O=C1[C@@H]2[C@H](C(=O)N1c1cc(C(F)(F)F)ccc1N1CCOCC1)[C@@H]1C=C[C@H]2C1. The van der Waals surface area contributed by atoms with Crippen molar-refractivity contribution in [2.45, 2.75) is 12.6 Å². The predicted octanol–water partition coefficient (Wildman–Crippen LogP) is 2.85. The maximum absolute atomic E-state index is 13.4. The molecule has 0 spiro atoms. The summed E-state index contributed by atoms with van der Waals surface area (Å²) in [6, 6.07) is 3.31. The number of allylic oxidation sites excluding steroid dienone is 2. The Hall–Kier alpha value is -2.35. The Morgan fingerprint density at radius 3 is 2.11 bits per heavy atom. The van der Waals surface area contributed by atoms with Crippen molar-refractivity contribution in [3.8, 4) is 0 Å². The van der Waals surface area contributed by atoms with Crippen molar-refractivity contribution < 1.29 is 27.5 Å². The summed E-state index contributed by atoms with van der Waals surface area (Å²) in [7, 11) is 0. The molecule has 2 bridgehead atoms. The topological polar surface area (TPSA) is 49.9 Å². The van der Waals surface area contributed by atoms with E-state index in [1.165, 1.54) is 6.07 Å². The molecule has 0 unspecified atom stereocenters. The molecule has 0 radical (unpaired) electrons. The molecule has 5 nitrogen and oxygen atoms in total. The lowest BCUT2D eigenvalue weighted by Crippen LogP contribution is -2.39. The van der Waals surface area contributed by atoms with Crippen LogP contribution in [0.5, 0.6) is 0 Å². The summed E-state index contributed by atoms with van der Waals surface area (Å²) in [6.45, 7) is 1.88. The van der Waals surface area contributed by atoms with Gasteiger partial charge in [0.15, 0.2) is 0 Å². The summed E-state index contributed by atoms with van der Waals surface area (Å²) in [4.78, 5) is 29.2. The van der Waals surface area contributed by atoms with E-state index in [0.717, 1.165) is 23.5 Å². The lowest BCUT2D eigenvalue weighted by molar-refractivity contribution is -0.137. The van der Waals surface area contributed by atoms with Gasteiger partial charge in [0.2, 0.25) is 11.8 Å². The van der Waals surface area contributed by atoms with E-state index in [-0.39, 0.29) is 29.3 Å². The fourth-order valence-corrected chi connectivity index (χ4v) is 5.09. The van der Waals surface area contributed by atoms with Gasteiger partial charge in [-0.3, -0.25) is 9.59 Å². The van der Waals surface area contributed by atoms with Crippen molar-refractivity contribution in [1.82, 2.24) is 0 Å². The number of rotatable bonds is 2. The van der Waals surface area contributed by atoms with Crippen molar-refractivity contribution in [3.63, 3.8) is 0 Å². The number of halogens is 3. The summed E-state index contributed by atoms with van der Waals surface area (Å²) in [5, 5.41) is 0. The minimum Gasteiger partial charge on any atom is -0.378 e. The number of nitrogens with zero attached hydrogens (tertiary/aromatic N) is 2. The van der Waals surface area contributed by atoms with E-state index in [9.17, 15) is 22.8 Å². The lowest BCUT2D eigenvalue weighted by Gasteiger charge is -2.32. The first kappa shape index (κ1) is 17.7. The van der Waals surface area contributed by atoms with Crippen LogP contribution in [0.2, 0.25) is 0 Å². The monoisotopic (exact) mass is 392 g/mol. The number of benzene rings is 1. The third kappa shape index (κ3) is 2.50. The van der Waals surface area contributed by atoms with Crippen molar-refractivity contribution in [2.24, 2.45) is 23.7 Å². The average Bonchev–Trinajstić information content (AvgIpc) is 3.35. The second kappa shape index (κ2) is 6.07. The van der Waals surface area contributed by atoms with Crippen molar-refractivity contribution in [1.29, 1.82) is 0 Å². The molecule has 2 amide bonds.